The van der Waals surface area contributed by atoms with Crippen LogP contribution in [0, 0.1) is 0 Å². The van der Waals surface area contributed by atoms with Crippen LogP contribution >= 0.6 is 0 Å². The Labute approximate surface area is 84.5 Å². The Morgan fingerprint density at radius 1 is 1.30 bits per heavy atom. The van der Waals surface area contributed by atoms with Crippen LogP contribution in [0.25, 0.3) is 0 Å². The molecule has 0 saturated heterocycles. The van der Waals surface area contributed by atoms with Crippen LogP contribution in [0.15, 0.2) is 0 Å². The summed E-state index contributed by atoms with van der Waals surface area (Å²) < 4.78 is 21.9. The fourth-order valence-electron chi connectivity index (χ4n) is 0. The molecule has 0 heterocycles. The van der Waals surface area contributed by atoms with E-state index in [0.29, 0.717) is 0 Å². The van der Waals surface area contributed by atoms with Gasteiger partial charge in [-0.25, -0.2) is 0 Å². The van der Waals surface area contributed by atoms with Gasteiger partial charge in [-0.05, 0) is 0 Å². The maximum absolute atomic E-state index is 8.44. The third-order valence-corrected chi connectivity index (χ3v) is 0. The molecule has 0 radical (unpaired) electrons. The molecule has 0 spiro atoms. The molecule has 0 aliphatic carbocycles. The van der Waals surface area contributed by atoms with Crippen LogP contribution in [-0.2, 0) is 0 Å². The summed E-state index contributed by atoms with van der Waals surface area (Å²) in [6.45, 7) is 0. The summed E-state index contributed by atoms with van der Waals surface area (Å²) in [5.74, 6) is 0. The molecular formula is CH7AsNNaO6. The predicted octanol–water partition coefficient (Wildman–Crippen LogP) is -6.00. The first-order chi connectivity index (χ1) is 3.46. The summed E-state index contributed by atoms with van der Waals surface area (Å²) in [6, 6.07) is 0. The van der Waals surface area contributed by atoms with Crippen molar-refractivity contribution >= 4 is 21.8 Å². The smallest absolute Gasteiger partial charge is 1.00 e. The summed E-state index contributed by atoms with van der Waals surface area (Å²) in [5, 5.41) is 15.3. The molecule has 9 heteroatoms. The van der Waals surface area contributed by atoms with Crippen LogP contribution in [0.5, 0.6) is 0 Å². The minimum Gasteiger partial charge on any atom is 1.00 e. The average Bonchev–Trinajstić information content (AvgIpc) is 1.25. The Morgan fingerprint density at radius 3 is 1.30 bits per heavy atom. The van der Waals surface area contributed by atoms with Crippen LogP contribution in [0.2, 0.25) is 0 Å². The topological polar surface area (TPSA) is 156 Å². The van der Waals surface area contributed by atoms with E-state index in [1.165, 1.54) is 0 Å². The van der Waals surface area contributed by atoms with Gasteiger partial charge in [0.1, 0.15) is 0 Å². The first kappa shape index (κ1) is 22.4. The Balaban J connectivity index is -0.0000000300. The number of carboxylic acid groups (broad SMARTS) is 2. The molecule has 0 aliphatic heterocycles. The van der Waals surface area contributed by atoms with Gasteiger partial charge in [-0.1, -0.05) is 0 Å². The number of hydrogen-bond donors (Lipinski definition) is 5. The minimum absolute atomic E-state index is 0. The van der Waals surface area contributed by atoms with Crippen molar-refractivity contribution in [3.05, 3.63) is 0 Å². The second kappa shape index (κ2) is 16.3. The van der Waals surface area contributed by atoms with Crippen LogP contribution in [0.3, 0.4) is 0 Å². The zero-order valence-corrected chi connectivity index (χ0v) is 9.14. The molecule has 10 heavy (non-hydrogen) atoms. The molecule has 0 aromatic heterocycles. The van der Waals surface area contributed by atoms with E-state index in [0.717, 1.165) is 0 Å². The first-order valence-corrected chi connectivity index (χ1v) is 3.75. The van der Waals surface area contributed by atoms with Gasteiger partial charge in [0.25, 0.3) is 0 Å². The van der Waals surface area contributed by atoms with Crippen molar-refractivity contribution in [1.29, 1.82) is 0 Å². The molecule has 0 amide bonds. The van der Waals surface area contributed by atoms with Crippen LogP contribution in [0.4, 0.5) is 4.79 Å². The van der Waals surface area contributed by atoms with E-state index in [4.69, 9.17) is 27.3 Å². The van der Waals surface area contributed by atoms with Gasteiger partial charge in [0.2, 0.25) is 6.16 Å². The molecule has 0 bridgehead atoms. The van der Waals surface area contributed by atoms with Gasteiger partial charge < -0.3 is 21.2 Å². The van der Waals surface area contributed by atoms with E-state index >= 15 is 0 Å². The average molecular weight is 227 g/mol. The van der Waals surface area contributed by atoms with Crippen molar-refractivity contribution in [3.8, 4) is 0 Å². The molecule has 0 saturated carbocycles. The summed E-state index contributed by atoms with van der Waals surface area (Å²) in [5.41, 5.74) is 0. The van der Waals surface area contributed by atoms with Gasteiger partial charge in [0.15, 0.2) is 0 Å². The SMILES string of the molecule is N.O=C([O-])O.O[As](O)O.[Na+]. The second-order valence-corrected chi connectivity index (χ2v) is 1.66. The van der Waals surface area contributed by atoms with E-state index in [2.05, 4.69) is 0 Å². The van der Waals surface area contributed by atoms with Crippen molar-refractivity contribution in [2.45, 2.75) is 0 Å². The van der Waals surface area contributed by atoms with Crippen LogP contribution < -0.4 is 40.8 Å². The van der Waals surface area contributed by atoms with Crippen LogP contribution in [0.1, 0.15) is 0 Å². The standard InChI is InChI=1S/CH2O3.AsH3O3.H3N.Na/c2*2-1(3)4;;/h(H2,2,3,4);2-4H;1H3;/q;;;+1/p-1. The number of rotatable bonds is 0. The maximum Gasteiger partial charge on any atom is 1.00 e. The molecule has 58 valence electrons. The third-order valence-electron chi connectivity index (χ3n) is 0. The number of hydrogen-bond acceptors (Lipinski definition) is 6. The third kappa shape index (κ3) is 1140. The molecule has 0 aliphatic rings. The zero-order valence-electron chi connectivity index (χ0n) is 5.26. The summed E-state index contributed by atoms with van der Waals surface area (Å²) >= 11 is -3.19. The molecule has 0 aromatic rings. The molecule has 7 N–H and O–H groups in total. The molecular weight excluding hydrogens is 220 g/mol. The van der Waals surface area contributed by atoms with Crippen LogP contribution in [-0.4, -0.2) is 39.2 Å². The fraction of sp³-hybridized carbons (Fsp3) is 0. The van der Waals surface area contributed by atoms with Gasteiger partial charge in [-0.3, -0.25) is 0 Å². The first-order valence-electron chi connectivity index (χ1n) is 1.23. The second-order valence-electron chi connectivity index (χ2n) is 0.534. The van der Waals surface area contributed by atoms with Crippen molar-refractivity contribution in [1.82, 2.24) is 6.15 Å². The van der Waals surface area contributed by atoms with Crippen molar-refractivity contribution in [3.63, 3.8) is 0 Å². The quantitative estimate of drug-likeness (QED) is 0.258. The van der Waals surface area contributed by atoms with Crippen molar-refractivity contribution in [2.24, 2.45) is 0 Å². The van der Waals surface area contributed by atoms with E-state index in [1.807, 2.05) is 0 Å². The Bertz CT molecular complexity index is 62.0. The molecule has 0 aromatic carbocycles. The Kier molecular flexibility index (Phi) is 36.6. The van der Waals surface area contributed by atoms with Crippen molar-refractivity contribution < 1.29 is 56.9 Å². The molecule has 0 fully saturated rings. The maximum atomic E-state index is 8.44. The fourth-order valence-corrected chi connectivity index (χ4v) is 0. The van der Waals surface area contributed by atoms with Crippen molar-refractivity contribution in [2.75, 3.05) is 0 Å². The molecule has 7 nitrogen and oxygen atoms in total. The number of carbonyl (C=O) groups is 1. The largest absolute Gasteiger partial charge is 1.00 e. The van der Waals surface area contributed by atoms with E-state index < -0.39 is 21.8 Å². The Hall–Kier alpha value is 0.668. The summed E-state index contributed by atoms with van der Waals surface area (Å²) in [6.07, 6.45) is -2.08. The van der Waals surface area contributed by atoms with Gasteiger partial charge >= 0.3 is 57.5 Å². The van der Waals surface area contributed by atoms with Gasteiger partial charge in [-0.15, -0.1) is 0 Å². The summed E-state index contributed by atoms with van der Waals surface area (Å²) in [4.78, 5) is 8.44. The molecule has 0 rings (SSSR count). The minimum atomic E-state index is -3.19. The van der Waals surface area contributed by atoms with E-state index in [-0.39, 0.29) is 35.7 Å². The zero-order chi connectivity index (χ0) is 7.15. The predicted molar refractivity (Wildman–Crippen MR) is 25.5 cm³/mol. The van der Waals surface area contributed by atoms with Gasteiger partial charge in [0.05, 0.1) is 0 Å². The van der Waals surface area contributed by atoms with Gasteiger partial charge in [-0.2, -0.15) is 0 Å². The van der Waals surface area contributed by atoms with Gasteiger partial charge in [0, 0.05) is 0 Å². The monoisotopic (exact) mass is 227 g/mol. The van der Waals surface area contributed by atoms with E-state index in [9.17, 15) is 0 Å². The molecule has 0 unspecified atom stereocenters. The normalized spacial score (nSPS) is 6.00. The molecule has 0 atom stereocenters. The Morgan fingerprint density at radius 2 is 1.30 bits per heavy atom. The summed E-state index contributed by atoms with van der Waals surface area (Å²) in [7, 11) is 0. The van der Waals surface area contributed by atoms with E-state index in [1.54, 1.807) is 0 Å².